The molecular formula is C9H13NO3S. The Morgan fingerprint density at radius 3 is 3.00 bits per heavy atom. The molecular weight excluding hydrogens is 202 g/mol. The summed E-state index contributed by atoms with van der Waals surface area (Å²) < 4.78 is 0. The molecule has 14 heavy (non-hydrogen) atoms. The molecule has 5 heteroatoms. The topological polar surface area (TPSA) is 69.6 Å². The summed E-state index contributed by atoms with van der Waals surface area (Å²) in [6.45, 7) is 0.783. The number of aliphatic carboxylic acids is 1. The third-order valence-electron chi connectivity index (χ3n) is 1.72. The van der Waals surface area contributed by atoms with Crippen LogP contribution in [0.15, 0.2) is 17.5 Å². The first kappa shape index (κ1) is 11.2. The average molecular weight is 215 g/mol. The Bertz CT molecular complexity index is 274. The average Bonchev–Trinajstić information content (AvgIpc) is 2.64. The number of carbonyl (C=O) groups is 1. The number of hydrogen-bond donors (Lipinski definition) is 3. The summed E-state index contributed by atoms with van der Waals surface area (Å²) in [7, 11) is 0. The number of nitrogens with one attached hydrogen (secondary N) is 1. The Labute approximate surface area is 86.2 Å². The van der Waals surface area contributed by atoms with Crippen LogP contribution in [0.1, 0.15) is 17.4 Å². The molecule has 0 amide bonds. The predicted octanol–water partition coefficient (Wildman–Crippen LogP) is 0.846. The van der Waals surface area contributed by atoms with Crippen molar-refractivity contribution in [2.24, 2.45) is 0 Å². The van der Waals surface area contributed by atoms with Gasteiger partial charge in [0.15, 0.2) is 0 Å². The largest absolute Gasteiger partial charge is 0.481 e. The van der Waals surface area contributed by atoms with Crippen LogP contribution < -0.4 is 5.32 Å². The number of carboxylic acid groups (broad SMARTS) is 1. The van der Waals surface area contributed by atoms with E-state index in [4.69, 9.17) is 5.11 Å². The van der Waals surface area contributed by atoms with Crippen LogP contribution in [0.4, 0.5) is 0 Å². The zero-order chi connectivity index (χ0) is 10.4. The molecule has 0 saturated heterocycles. The highest BCUT2D eigenvalue weighted by molar-refractivity contribution is 7.10. The van der Waals surface area contributed by atoms with Gasteiger partial charge >= 0.3 is 5.97 Å². The molecule has 0 aliphatic heterocycles. The molecule has 0 radical (unpaired) electrons. The molecule has 1 aromatic heterocycles. The van der Waals surface area contributed by atoms with Gasteiger partial charge in [0.2, 0.25) is 0 Å². The molecule has 78 valence electrons. The predicted molar refractivity (Wildman–Crippen MR) is 54.4 cm³/mol. The Balaban J connectivity index is 2.16. The fourth-order valence-electron chi connectivity index (χ4n) is 1.02. The number of aliphatic hydroxyl groups is 1. The van der Waals surface area contributed by atoms with Crippen LogP contribution in [-0.4, -0.2) is 29.3 Å². The fraction of sp³-hybridized carbons (Fsp3) is 0.444. The van der Waals surface area contributed by atoms with Gasteiger partial charge in [0.25, 0.3) is 0 Å². The second kappa shape index (κ2) is 5.74. The van der Waals surface area contributed by atoms with Crippen molar-refractivity contribution in [3.63, 3.8) is 0 Å². The molecule has 1 rings (SSSR count). The van der Waals surface area contributed by atoms with Gasteiger partial charge in [-0.25, -0.2) is 0 Å². The van der Waals surface area contributed by atoms with E-state index in [9.17, 15) is 9.90 Å². The second-order valence-electron chi connectivity index (χ2n) is 2.88. The fourth-order valence-corrected chi connectivity index (χ4v) is 1.73. The molecule has 0 saturated carbocycles. The number of rotatable bonds is 6. The van der Waals surface area contributed by atoms with Crippen molar-refractivity contribution in [2.45, 2.75) is 12.5 Å². The molecule has 0 bridgehead atoms. The summed E-state index contributed by atoms with van der Waals surface area (Å²) in [5, 5.41) is 22.7. The van der Waals surface area contributed by atoms with Gasteiger partial charge in [-0.1, -0.05) is 6.07 Å². The van der Waals surface area contributed by atoms with Crippen LogP contribution in [0.5, 0.6) is 0 Å². The molecule has 1 atom stereocenters. The van der Waals surface area contributed by atoms with Gasteiger partial charge in [-0.05, 0) is 11.4 Å². The van der Waals surface area contributed by atoms with Gasteiger partial charge in [0, 0.05) is 18.0 Å². The summed E-state index contributed by atoms with van der Waals surface area (Å²) >= 11 is 1.49. The molecule has 1 aromatic rings. The third-order valence-corrected chi connectivity index (χ3v) is 2.70. The Hall–Kier alpha value is -0.910. The van der Waals surface area contributed by atoms with E-state index in [0.717, 1.165) is 4.88 Å². The van der Waals surface area contributed by atoms with Crippen molar-refractivity contribution < 1.29 is 15.0 Å². The van der Waals surface area contributed by atoms with Crippen LogP contribution >= 0.6 is 11.3 Å². The number of aliphatic hydroxyl groups excluding tert-OH is 1. The van der Waals surface area contributed by atoms with Crippen molar-refractivity contribution in [2.75, 3.05) is 13.1 Å². The number of thiophene rings is 1. The lowest BCUT2D eigenvalue weighted by atomic mass is 10.3. The van der Waals surface area contributed by atoms with Crippen LogP contribution in [-0.2, 0) is 4.79 Å². The second-order valence-corrected chi connectivity index (χ2v) is 3.86. The minimum Gasteiger partial charge on any atom is -0.481 e. The third kappa shape index (κ3) is 3.87. The lowest BCUT2D eigenvalue weighted by Crippen LogP contribution is -2.23. The van der Waals surface area contributed by atoms with Gasteiger partial charge in [-0.15, -0.1) is 11.3 Å². The molecule has 1 unspecified atom stereocenters. The smallest absolute Gasteiger partial charge is 0.304 e. The summed E-state index contributed by atoms with van der Waals surface area (Å²) in [6, 6.07) is 3.73. The van der Waals surface area contributed by atoms with E-state index < -0.39 is 12.1 Å². The SMILES string of the molecule is O=C(O)CCNCC(O)c1cccs1. The van der Waals surface area contributed by atoms with Gasteiger partial charge in [-0.2, -0.15) is 0 Å². The zero-order valence-corrected chi connectivity index (χ0v) is 8.46. The maximum absolute atomic E-state index is 10.2. The molecule has 0 aromatic carbocycles. The van der Waals surface area contributed by atoms with Crippen molar-refractivity contribution in [3.05, 3.63) is 22.4 Å². The van der Waals surface area contributed by atoms with E-state index in [2.05, 4.69) is 5.32 Å². The maximum atomic E-state index is 10.2. The molecule has 0 spiro atoms. The molecule has 4 nitrogen and oxygen atoms in total. The lowest BCUT2D eigenvalue weighted by molar-refractivity contribution is -0.136. The monoisotopic (exact) mass is 215 g/mol. The first-order valence-corrected chi connectivity index (χ1v) is 5.22. The maximum Gasteiger partial charge on any atom is 0.304 e. The quantitative estimate of drug-likeness (QED) is 0.615. The van der Waals surface area contributed by atoms with Crippen LogP contribution in [0.3, 0.4) is 0 Å². The molecule has 1 heterocycles. The number of carboxylic acids is 1. The summed E-state index contributed by atoms with van der Waals surface area (Å²) in [6.07, 6.45) is -0.458. The zero-order valence-electron chi connectivity index (χ0n) is 7.64. The normalized spacial score (nSPS) is 12.6. The Morgan fingerprint density at radius 1 is 1.64 bits per heavy atom. The number of hydrogen-bond acceptors (Lipinski definition) is 4. The summed E-state index contributed by atoms with van der Waals surface area (Å²) in [5.41, 5.74) is 0. The van der Waals surface area contributed by atoms with Crippen molar-refractivity contribution in [1.29, 1.82) is 0 Å². The van der Waals surface area contributed by atoms with Gasteiger partial charge < -0.3 is 15.5 Å². The van der Waals surface area contributed by atoms with Crippen molar-refractivity contribution >= 4 is 17.3 Å². The minimum absolute atomic E-state index is 0.0805. The van der Waals surface area contributed by atoms with E-state index in [1.165, 1.54) is 11.3 Å². The van der Waals surface area contributed by atoms with Crippen LogP contribution in [0.25, 0.3) is 0 Å². The van der Waals surface area contributed by atoms with Crippen molar-refractivity contribution in [1.82, 2.24) is 5.32 Å². The van der Waals surface area contributed by atoms with Crippen LogP contribution in [0, 0.1) is 0 Å². The first-order valence-electron chi connectivity index (χ1n) is 4.34. The Morgan fingerprint density at radius 2 is 2.43 bits per heavy atom. The van der Waals surface area contributed by atoms with E-state index in [1.54, 1.807) is 0 Å². The van der Waals surface area contributed by atoms with E-state index in [1.807, 2.05) is 17.5 Å². The van der Waals surface area contributed by atoms with Crippen molar-refractivity contribution in [3.8, 4) is 0 Å². The van der Waals surface area contributed by atoms with E-state index >= 15 is 0 Å². The molecule has 3 N–H and O–H groups in total. The van der Waals surface area contributed by atoms with Crippen LogP contribution in [0.2, 0.25) is 0 Å². The van der Waals surface area contributed by atoms with Gasteiger partial charge in [0.1, 0.15) is 6.10 Å². The van der Waals surface area contributed by atoms with E-state index in [-0.39, 0.29) is 6.42 Å². The van der Waals surface area contributed by atoms with E-state index in [0.29, 0.717) is 13.1 Å². The minimum atomic E-state index is -0.830. The molecule has 0 aliphatic carbocycles. The Kier molecular flexibility index (Phi) is 4.58. The standard InChI is InChI=1S/C9H13NO3S/c11-7(8-2-1-5-14-8)6-10-4-3-9(12)13/h1-2,5,7,10-11H,3-4,6H2,(H,12,13). The van der Waals surface area contributed by atoms with Gasteiger partial charge in [-0.3, -0.25) is 4.79 Å². The highest BCUT2D eigenvalue weighted by Crippen LogP contribution is 2.17. The molecule has 0 aliphatic rings. The highest BCUT2D eigenvalue weighted by Gasteiger charge is 2.07. The first-order chi connectivity index (χ1) is 6.70. The summed E-state index contributed by atoms with van der Waals surface area (Å²) in [4.78, 5) is 11.1. The highest BCUT2D eigenvalue weighted by atomic mass is 32.1. The molecule has 0 fully saturated rings. The lowest BCUT2D eigenvalue weighted by Gasteiger charge is -2.08. The van der Waals surface area contributed by atoms with Gasteiger partial charge in [0.05, 0.1) is 6.42 Å². The summed E-state index contributed by atoms with van der Waals surface area (Å²) in [5.74, 6) is -0.830.